The van der Waals surface area contributed by atoms with Crippen molar-refractivity contribution in [3.63, 3.8) is 0 Å². The zero-order chi connectivity index (χ0) is 4.99. The molecule has 0 aliphatic heterocycles. The molecular formula is C3H5O3. The van der Waals surface area contributed by atoms with Gasteiger partial charge in [-0.3, -0.25) is 4.79 Å². The Morgan fingerprint density at radius 2 is 2.50 bits per heavy atom. The number of ether oxygens (including phenoxy) is 1. The molecule has 0 amide bonds. The average molecular weight is 89.1 g/mol. The Morgan fingerprint density at radius 1 is 2.00 bits per heavy atom. The van der Waals surface area contributed by atoms with E-state index in [0.717, 1.165) is 0 Å². The summed E-state index contributed by atoms with van der Waals surface area (Å²) in [4.78, 5) is 9.24. The highest BCUT2D eigenvalue weighted by atomic mass is 16.6. The lowest BCUT2D eigenvalue weighted by Crippen LogP contribution is -2.08. The highest BCUT2D eigenvalue weighted by Crippen LogP contribution is 1.70. The van der Waals surface area contributed by atoms with Crippen molar-refractivity contribution in [2.24, 2.45) is 0 Å². The fourth-order valence-electron chi connectivity index (χ4n) is 0.0481. The molecule has 0 aliphatic rings. The van der Waals surface area contributed by atoms with Crippen molar-refractivity contribution < 1.29 is 14.6 Å². The summed E-state index contributed by atoms with van der Waals surface area (Å²) in [6.45, 7) is 0. The first-order valence-electron chi connectivity index (χ1n) is 1.39. The van der Waals surface area contributed by atoms with Gasteiger partial charge in [-0.15, -0.1) is 0 Å². The van der Waals surface area contributed by atoms with Crippen molar-refractivity contribution in [2.75, 3.05) is 7.11 Å². The van der Waals surface area contributed by atoms with E-state index < -0.39 is 6.29 Å². The summed E-state index contributed by atoms with van der Waals surface area (Å²) >= 11 is 0. The van der Waals surface area contributed by atoms with Crippen LogP contribution in [-0.2, 0) is 9.53 Å². The van der Waals surface area contributed by atoms with Crippen LogP contribution in [0.4, 0.5) is 0 Å². The third-order valence-electron chi connectivity index (χ3n) is 0.324. The monoisotopic (exact) mass is 89.0 g/mol. The van der Waals surface area contributed by atoms with Crippen molar-refractivity contribution in [3.8, 4) is 0 Å². The quantitative estimate of drug-likeness (QED) is 0.444. The molecule has 0 spiro atoms. The lowest BCUT2D eigenvalue weighted by molar-refractivity contribution is -0.0212. The molecule has 1 N–H and O–H groups in total. The maximum Gasteiger partial charge on any atom is 0.259 e. The number of aliphatic hydroxyl groups excluding tert-OH is 1. The number of hydrogen-bond donors (Lipinski definition) is 1. The number of rotatable bonds is 2. The molecule has 0 saturated heterocycles. The van der Waals surface area contributed by atoms with Gasteiger partial charge in [-0.25, -0.2) is 0 Å². The van der Waals surface area contributed by atoms with Gasteiger partial charge in [0.2, 0.25) is 6.29 Å². The van der Waals surface area contributed by atoms with Crippen LogP contribution in [0.5, 0.6) is 0 Å². The molecule has 0 aromatic carbocycles. The molecule has 0 bridgehead atoms. The summed E-state index contributed by atoms with van der Waals surface area (Å²) in [6.07, 6.45) is -0.172. The molecule has 1 atom stereocenters. The minimum atomic E-state index is -1.37. The third-order valence-corrected chi connectivity index (χ3v) is 0.324. The normalized spacial score (nSPS) is 13.7. The van der Waals surface area contributed by atoms with E-state index in [1.54, 1.807) is 0 Å². The first kappa shape index (κ1) is 5.59. The summed E-state index contributed by atoms with van der Waals surface area (Å²) in [7, 11) is 1.22. The topological polar surface area (TPSA) is 46.5 Å². The van der Waals surface area contributed by atoms with Gasteiger partial charge in [0.05, 0.1) is 0 Å². The second-order valence-corrected chi connectivity index (χ2v) is 0.706. The van der Waals surface area contributed by atoms with Crippen molar-refractivity contribution in [1.82, 2.24) is 0 Å². The Balaban J connectivity index is 2.96. The van der Waals surface area contributed by atoms with Gasteiger partial charge in [0.25, 0.3) is 6.29 Å². The van der Waals surface area contributed by atoms with Crippen LogP contribution in [-0.4, -0.2) is 24.8 Å². The number of carbonyl (C=O) groups excluding carboxylic acids is 1. The lowest BCUT2D eigenvalue weighted by atomic mass is 10.7. The Hall–Kier alpha value is -0.410. The Labute approximate surface area is 35.5 Å². The fourth-order valence-corrected chi connectivity index (χ4v) is 0.0481. The van der Waals surface area contributed by atoms with Crippen LogP contribution >= 0.6 is 0 Å². The molecule has 0 aromatic rings. The van der Waals surface area contributed by atoms with Gasteiger partial charge in [-0.2, -0.15) is 0 Å². The lowest BCUT2D eigenvalue weighted by Gasteiger charge is -1.91. The molecule has 0 aliphatic carbocycles. The molecule has 3 nitrogen and oxygen atoms in total. The van der Waals surface area contributed by atoms with Crippen molar-refractivity contribution in [3.05, 3.63) is 0 Å². The maximum atomic E-state index is 9.24. The summed E-state index contributed by atoms with van der Waals surface area (Å²) in [5.74, 6) is 0. The summed E-state index contributed by atoms with van der Waals surface area (Å²) < 4.78 is 4.03. The van der Waals surface area contributed by atoms with E-state index in [9.17, 15) is 4.79 Å². The summed E-state index contributed by atoms with van der Waals surface area (Å²) in [5.41, 5.74) is 0. The molecule has 0 heterocycles. The van der Waals surface area contributed by atoms with Crippen LogP contribution in [0.3, 0.4) is 0 Å². The average Bonchev–Trinajstić information content (AvgIpc) is 1.65. The van der Waals surface area contributed by atoms with Gasteiger partial charge in [-0.1, -0.05) is 0 Å². The molecule has 0 aromatic heterocycles. The molecule has 1 unspecified atom stereocenters. The molecule has 1 radical (unpaired) electrons. The highest BCUT2D eigenvalue weighted by Gasteiger charge is 1.93. The van der Waals surface area contributed by atoms with E-state index in [1.807, 2.05) is 0 Å². The molecule has 0 saturated carbocycles. The van der Waals surface area contributed by atoms with Crippen molar-refractivity contribution in [2.45, 2.75) is 6.29 Å². The van der Waals surface area contributed by atoms with Crippen LogP contribution < -0.4 is 0 Å². The third kappa shape index (κ3) is 1.87. The van der Waals surface area contributed by atoms with Gasteiger partial charge in [0.15, 0.2) is 0 Å². The highest BCUT2D eigenvalue weighted by molar-refractivity contribution is 5.54. The summed E-state index contributed by atoms with van der Waals surface area (Å²) in [6, 6.07) is 0. The van der Waals surface area contributed by atoms with E-state index >= 15 is 0 Å². The predicted octanol–water partition coefficient (Wildman–Crippen LogP) is -0.939. The standard InChI is InChI=1S/C3H5O3/c1-6-3(5)2-4/h3,5H,1H3. The van der Waals surface area contributed by atoms with Crippen LogP contribution in [0.1, 0.15) is 0 Å². The Morgan fingerprint density at radius 3 is 2.50 bits per heavy atom. The van der Waals surface area contributed by atoms with Gasteiger partial charge < -0.3 is 9.84 Å². The number of hydrogen-bond acceptors (Lipinski definition) is 3. The van der Waals surface area contributed by atoms with E-state index in [0.29, 0.717) is 0 Å². The van der Waals surface area contributed by atoms with Gasteiger partial charge in [0, 0.05) is 7.11 Å². The minimum Gasteiger partial charge on any atom is -0.362 e. The van der Waals surface area contributed by atoms with E-state index in [1.165, 1.54) is 13.4 Å². The predicted molar refractivity (Wildman–Crippen MR) is 18.7 cm³/mol. The maximum absolute atomic E-state index is 9.24. The number of methoxy groups -OCH3 is 1. The SMILES string of the molecule is COC(O)[C]=O. The van der Waals surface area contributed by atoms with Gasteiger partial charge in [0.1, 0.15) is 0 Å². The molecule has 35 valence electrons. The molecule has 6 heavy (non-hydrogen) atoms. The second kappa shape index (κ2) is 2.81. The Kier molecular flexibility index (Phi) is 2.62. The molecule has 0 rings (SSSR count). The smallest absolute Gasteiger partial charge is 0.259 e. The van der Waals surface area contributed by atoms with E-state index in [-0.39, 0.29) is 0 Å². The molecular weight excluding hydrogens is 84.0 g/mol. The van der Waals surface area contributed by atoms with Crippen LogP contribution in [0, 0.1) is 0 Å². The first-order valence-corrected chi connectivity index (χ1v) is 1.39. The van der Waals surface area contributed by atoms with E-state index in [4.69, 9.17) is 5.11 Å². The van der Waals surface area contributed by atoms with Crippen LogP contribution in [0.25, 0.3) is 0 Å². The molecule has 3 heteroatoms. The zero-order valence-corrected chi connectivity index (χ0v) is 3.34. The van der Waals surface area contributed by atoms with Crippen molar-refractivity contribution >= 4 is 6.29 Å². The molecule has 0 fully saturated rings. The minimum absolute atomic E-state index is 1.20. The zero-order valence-electron chi connectivity index (χ0n) is 3.34. The fraction of sp³-hybridized carbons (Fsp3) is 0.667. The van der Waals surface area contributed by atoms with Crippen molar-refractivity contribution in [1.29, 1.82) is 0 Å². The number of aliphatic hydroxyl groups is 1. The second-order valence-electron chi connectivity index (χ2n) is 0.706. The largest absolute Gasteiger partial charge is 0.362 e. The van der Waals surface area contributed by atoms with Gasteiger partial charge in [-0.05, 0) is 0 Å². The Bertz CT molecular complexity index is 43.3. The van der Waals surface area contributed by atoms with E-state index in [2.05, 4.69) is 4.74 Å². The first-order chi connectivity index (χ1) is 2.81. The summed E-state index contributed by atoms with van der Waals surface area (Å²) in [5, 5.41) is 8.02. The van der Waals surface area contributed by atoms with Gasteiger partial charge >= 0.3 is 0 Å². The van der Waals surface area contributed by atoms with Crippen LogP contribution in [0.2, 0.25) is 0 Å². The van der Waals surface area contributed by atoms with Crippen LogP contribution in [0.15, 0.2) is 0 Å².